The monoisotopic (exact) mass is 279 g/mol. The minimum absolute atomic E-state index is 0.0398. The maximum absolute atomic E-state index is 10.9. The minimum atomic E-state index is -0.380. The second-order valence-electron chi connectivity index (χ2n) is 5.88. The fraction of sp³-hybridized carbons (Fsp3) is 0.600. The van der Waals surface area contributed by atoms with Crippen LogP contribution in [0.5, 0.6) is 5.75 Å². The standard InChI is InChI=1S/C15H21NO4/c1-5-15(4)13(17)8-14(15)20-12-7-9(2)11(16(18)19)6-10(12)3/h6-7,13-14,17H,5,8H2,1-4H3. The van der Waals surface area contributed by atoms with E-state index in [0.717, 1.165) is 12.0 Å². The van der Waals surface area contributed by atoms with E-state index < -0.39 is 0 Å². The highest BCUT2D eigenvalue weighted by atomic mass is 16.6. The molecule has 5 heteroatoms. The zero-order valence-corrected chi connectivity index (χ0v) is 12.3. The van der Waals surface area contributed by atoms with Crippen LogP contribution in [0.3, 0.4) is 0 Å². The summed E-state index contributed by atoms with van der Waals surface area (Å²) in [5.41, 5.74) is 1.22. The van der Waals surface area contributed by atoms with E-state index in [9.17, 15) is 15.2 Å². The predicted octanol–water partition coefficient (Wildman–Crippen LogP) is 3.14. The van der Waals surface area contributed by atoms with Crippen molar-refractivity contribution in [1.82, 2.24) is 0 Å². The van der Waals surface area contributed by atoms with Crippen LogP contribution in [0.2, 0.25) is 0 Å². The highest BCUT2D eigenvalue weighted by Gasteiger charge is 2.51. The summed E-state index contributed by atoms with van der Waals surface area (Å²) >= 11 is 0. The molecule has 0 amide bonds. The van der Waals surface area contributed by atoms with Gasteiger partial charge in [-0.25, -0.2) is 0 Å². The molecule has 3 unspecified atom stereocenters. The van der Waals surface area contributed by atoms with Crippen LogP contribution in [0.15, 0.2) is 12.1 Å². The number of rotatable bonds is 4. The highest BCUT2D eigenvalue weighted by molar-refractivity contribution is 5.49. The molecule has 1 N–H and O–H groups in total. The van der Waals surface area contributed by atoms with Gasteiger partial charge >= 0.3 is 0 Å². The summed E-state index contributed by atoms with van der Waals surface area (Å²) in [4.78, 5) is 10.5. The number of nitro groups is 1. The molecular weight excluding hydrogens is 258 g/mol. The molecule has 20 heavy (non-hydrogen) atoms. The van der Waals surface area contributed by atoms with E-state index in [0.29, 0.717) is 17.7 Å². The third-order valence-electron chi connectivity index (χ3n) is 4.66. The normalized spacial score (nSPS) is 28.9. The average Bonchev–Trinajstić information content (AvgIpc) is 2.40. The average molecular weight is 279 g/mol. The predicted molar refractivity (Wildman–Crippen MR) is 76.0 cm³/mol. The molecule has 1 fully saturated rings. The molecule has 0 aromatic heterocycles. The fourth-order valence-electron chi connectivity index (χ4n) is 2.69. The highest BCUT2D eigenvalue weighted by Crippen LogP contribution is 2.46. The SMILES string of the molecule is CCC1(C)C(O)CC1Oc1cc(C)c([N+](=O)[O-])cc1C. The number of aliphatic hydroxyl groups is 1. The number of hydrogen-bond donors (Lipinski definition) is 1. The number of aliphatic hydroxyl groups excluding tert-OH is 1. The van der Waals surface area contributed by atoms with Crippen LogP contribution in [0.1, 0.15) is 37.8 Å². The lowest BCUT2D eigenvalue weighted by atomic mass is 9.63. The summed E-state index contributed by atoms with van der Waals surface area (Å²) < 4.78 is 5.99. The van der Waals surface area contributed by atoms with Crippen molar-refractivity contribution in [2.75, 3.05) is 0 Å². The maximum Gasteiger partial charge on any atom is 0.272 e. The van der Waals surface area contributed by atoms with Crippen LogP contribution in [-0.2, 0) is 0 Å². The van der Waals surface area contributed by atoms with E-state index in [4.69, 9.17) is 4.74 Å². The topological polar surface area (TPSA) is 72.6 Å². The molecule has 0 aliphatic heterocycles. The molecule has 1 saturated carbocycles. The van der Waals surface area contributed by atoms with Crippen molar-refractivity contribution < 1.29 is 14.8 Å². The molecule has 1 aromatic rings. The van der Waals surface area contributed by atoms with E-state index in [1.54, 1.807) is 26.0 Å². The van der Waals surface area contributed by atoms with Crippen molar-refractivity contribution in [2.45, 2.75) is 52.7 Å². The van der Waals surface area contributed by atoms with Gasteiger partial charge in [0.05, 0.1) is 11.0 Å². The van der Waals surface area contributed by atoms with Gasteiger partial charge in [0.25, 0.3) is 5.69 Å². The lowest BCUT2D eigenvalue weighted by Crippen LogP contribution is -2.57. The van der Waals surface area contributed by atoms with Gasteiger partial charge in [-0.15, -0.1) is 0 Å². The molecule has 0 heterocycles. The Morgan fingerprint density at radius 2 is 2.10 bits per heavy atom. The van der Waals surface area contributed by atoms with Gasteiger partial charge in [0.1, 0.15) is 11.9 Å². The summed E-state index contributed by atoms with van der Waals surface area (Å²) in [6, 6.07) is 3.26. The molecule has 1 aliphatic carbocycles. The first-order valence-corrected chi connectivity index (χ1v) is 6.90. The zero-order chi connectivity index (χ0) is 15.1. The van der Waals surface area contributed by atoms with Crippen LogP contribution in [0.25, 0.3) is 0 Å². The van der Waals surface area contributed by atoms with Crippen LogP contribution in [0, 0.1) is 29.4 Å². The van der Waals surface area contributed by atoms with Crippen LogP contribution < -0.4 is 4.74 Å². The van der Waals surface area contributed by atoms with Crippen molar-refractivity contribution in [2.24, 2.45) is 5.41 Å². The van der Waals surface area contributed by atoms with E-state index in [2.05, 4.69) is 0 Å². The number of benzene rings is 1. The number of ether oxygens (including phenoxy) is 1. The second kappa shape index (κ2) is 5.05. The van der Waals surface area contributed by atoms with Gasteiger partial charge in [-0.2, -0.15) is 0 Å². The van der Waals surface area contributed by atoms with Crippen LogP contribution in [-0.4, -0.2) is 22.2 Å². The second-order valence-corrected chi connectivity index (χ2v) is 5.88. The third kappa shape index (κ3) is 2.26. The van der Waals surface area contributed by atoms with Gasteiger partial charge in [0, 0.05) is 23.5 Å². The molecule has 3 atom stereocenters. The van der Waals surface area contributed by atoms with Crippen molar-refractivity contribution in [1.29, 1.82) is 0 Å². The summed E-state index contributed by atoms with van der Waals surface area (Å²) in [6.07, 6.45) is 1.07. The Balaban J connectivity index is 2.23. The molecule has 1 aromatic carbocycles. The van der Waals surface area contributed by atoms with Crippen molar-refractivity contribution in [3.63, 3.8) is 0 Å². The van der Waals surface area contributed by atoms with Gasteiger partial charge in [0.15, 0.2) is 0 Å². The molecule has 5 nitrogen and oxygen atoms in total. The Morgan fingerprint density at radius 1 is 1.45 bits per heavy atom. The molecule has 0 spiro atoms. The van der Waals surface area contributed by atoms with Gasteiger partial charge in [-0.05, 0) is 31.9 Å². The summed E-state index contributed by atoms with van der Waals surface area (Å²) in [5.74, 6) is 0.671. The zero-order valence-electron chi connectivity index (χ0n) is 12.3. The first kappa shape index (κ1) is 14.8. The van der Waals surface area contributed by atoms with Crippen molar-refractivity contribution in [3.8, 4) is 5.75 Å². The lowest BCUT2D eigenvalue weighted by molar-refractivity contribution is -0.385. The number of hydrogen-bond acceptors (Lipinski definition) is 4. The number of nitro benzene ring substituents is 1. The Bertz CT molecular complexity index is 543. The van der Waals surface area contributed by atoms with Crippen LogP contribution in [0.4, 0.5) is 5.69 Å². The Labute approximate surface area is 118 Å². The Morgan fingerprint density at radius 3 is 2.60 bits per heavy atom. The molecule has 0 radical (unpaired) electrons. The van der Waals surface area contributed by atoms with E-state index in [1.807, 2.05) is 13.8 Å². The van der Waals surface area contributed by atoms with Gasteiger partial charge in [-0.3, -0.25) is 10.1 Å². The van der Waals surface area contributed by atoms with Crippen LogP contribution >= 0.6 is 0 Å². The first-order valence-electron chi connectivity index (χ1n) is 6.90. The molecular formula is C15H21NO4. The molecule has 2 rings (SSSR count). The summed E-state index contributed by atoms with van der Waals surface area (Å²) in [7, 11) is 0. The van der Waals surface area contributed by atoms with Crippen molar-refractivity contribution >= 4 is 5.69 Å². The molecule has 1 aliphatic rings. The van der Waals surface area contributed by atoms with Gasteiger partial charge in [-0.1, -0.05) is 13.8 Å². The Hall–Kier alpha value is -1.62. The van der Waals surface area contributed by atoms with Crippen molar-refractivity contribution in [3.05, 3.63) is 33.4 Å². The minimum Gasteiger partial charge on any atom is -0.489 e. The number of nitrogens with zero attached hydrogens (tertiary/aromatic N) is 1. The Kier molecular flexibility index (Phi) is 3.73. The van der Waals surface area contributed by atoms with Gasteiger partial charge in [0.2, 0.25) is 0 Å². The number of aryl methyl sites for hydroxylation is 2. The lowest BCUT2D eigenvalue weighted by Gasteiger charge is -2.50. The van der Waals surface area contributed by atoms with E-state index >= 15 is 0 Å². The summed E-state index contributed by atoms with van der Waals surface area (Å²) in [6.45, 7) is 7.56. The smallest absolute Gasteiger partial charge is 0.272 e. The fourth-order valence-corrected chi connectivity index (χ4v) is 2.69. The molecule has 110 valence electrons. The molecule has 0 saturated heterocycles. The molecule has 0 bridgehead atoms. The van der Waals surface area contributed by atoms with E-state index in [1.165, 1.54) is 0 Å². The first-order chi connectivity index (χ1) is 9.29. The maximum atomic E-state index is 10.9. The van der Waals surface area contributed by atoms with E-state index in [-0.39, 0.29) is 28.2 Å². The largest absolute Gasteiger partial charge is 0.489 e. The third-order valence-corrected chi connectivity index (χ3v) is 4.66. The summed E-state index contributed by atoms with van der Waals surface area (Å²) in [5, 5.41) is 20.8. The quantitative estimate of drug-likeness (QED) is 0.678. The van der Waals surface area contributed by atoms with Gasteiger partial charge < -0.3 is 9.84 Å².